The van der Waals surface area contributed by atoms with Crippen LogP contribution in [0.15, 0.2) is 53.6 Å². The summed E-state index contributed by atoms with van der Waals surface area (Å²) in [6, 6.07) is 10.4. The molecule has 116 valence electrons. The van der Waals surface area contributed by atoms with Gasteiger partial charge in [0.1, 0.15) is 6.07 Å². The molecule has 0 spiro atoms. The number of aromatic nitrogens is 2. The molecule has 24 heavy (non-hydrogen) atoms. The molecule has 0 bridgehead atoms. The third-order valence-corrected chi connectivity index (χ3v) is 4.85. The van der Waals surface area contributed by atoms with Gasteiger partial charge in [-0.2, -0.15) is 16.6 Å². The summed E-state index contributed by atoms with van der Waals surface area (Å²) in [5.74, 6) is 0. The zero-order valence-corrected chi connectivity index (χ0v) is 13.8. The zero-order valence-electron chi connectivity index (χ0n) is 13.0. The molecule has 3 aromatic heterocycles. The first kappa shape index (κ1) is 14.5. The number of aryl methyl sites for hydroxylation is 1. The van der Waals surface area contributed by atoms with Crippen LogP contribution in [-0.2, 0) is 0 Å². The average Bonchev–Trinajstić information content (AvgIpc) is 3.29. The molecule has 0 saturated heterocycles. The maximum atomic E-state index is 9.49. The molecular formula is C19H14N4S. The number of thiophene rings is 1. The van der Waals surface area contributed by atoms with E-state index in [9.17, 15) is 5.26 Å². The second-order valence-electron chi connectivity index (χ2n) is 5.54. The fourth-order valence-electron chi connectivity index (χ4n) is 2.87. The van der Waals surface area contributed by atoms with Crippen molar-refractivity contribution in [1.29, 1.82) is 5.26 Å². The summed E-state index contributed by atoms with van der Waals surface area (Å²) in [6.07, 6.45) is 5.34. The predicted molar refractivity (Wildman–Crippen MR) is 98.6 cm³/mol. The lowest BCUT2D eigenvalue weighted by Crippen LogP contribution is -1.99. The molecule has 2 N–H and O–H groups in total. The van der Waals surface area contributed by atoms with Crippen LogP contribution < -0.4 is 5.32 Å². The summed E-state index contributed by atoms with van der Waals surface area (Å²) in [5, 5.41) is 18.2. The molecule has 0 unspecified atom stereocenters. The van der Waals surface area contributed by atoms with E-state index >= 15 is 0 Å². The van der Waals surface area contributed by atoms with E-state index in [2.05, 4.69) is 39.7 Å². The highest BCUT2D eigenvalue weighted by Crippen LogP contribution is 2.35. The third kappa shape index (κ3) is 2.34. The second-order valence-corrected chi connectivity index (χ2v) is 6.32. The first-order valence-electron chi connectivity index (χ1n) is 7.52. The zero-order chi connectivity index (χ0) is 16.5. The van der Waals surface area contributed by atoms with Gasteiger partial charge in [-0.1, -0.05) is 0 Å². The molecule has 0 amide bonds. The van der Waals surface area contributed by atoms with Crippen molar-refractivity contribution in [2.45, 2.75) is 6.92 Å². The van der Waals surface area contributed by atoms with E-state index in [1.165, 1.54) is 5.39 Å². The first-order chi connectivity index (χ1) is 11.8. The van der Waals surface area contributed by atoms with E-state index < -0.39 is 0 Å². The summed E-state index contributed by atoms with van der Waals surface area (Å²) in [5.41, 5.74) is 6.56. The Labute approximate surface area is 143 Å². The first-order valence-corrected chi connectivity index (χ1v) is 8.46. The highest BCUT2D eigenvalue weighted by molar-refractivity contribution is 7.08. The molecule has 0 atom stereocenters. The molecule has 4 rings (SSSR count). The van der Waals surface area contributed by atoms with Crippen LogP contribution in [0.5, 0.6) is 0 Å². The maximum Gasteiger partial charge on any atom is 0.103 e. The number of pyridine rings is 1. The molecule has 0 aliphatic carbocycles. The Bertz CT molecular complexity index is 1050. The number of benzene rings is 1. The SMILES string of the molecule is Cc1c(Nc2c(C#N)cncc2-c2ccsc2)ccc2[nH]ccc12. The number of aromatic amines is 1. The molecule has 0 fully saturated rings. The van der Waals surface area contributed by atoms with Gasteiger partial charge in [-0.15, -0.1) is 0 Å². The van der Waals surface area contributed by atoms with E-state index in [0.29, 0.717) is 5.56 Å². The van der Waals surface area contributed by atoms with Crippen LogP contribution in [0.25, 0.3) is 22.0 Å². The lowest BCUT2D eigenvalue weighted by molar-refractivity contribution is 1.30. The van der Waals surface area contributed by atoms with Crippen molar-refractivity contribution >= 4 is 33.6 Å². The average molecular weight is 330 g/mol. The maximum absolute atomic E-state index is 9.49. The van der Waals surface area contributed by atoms with Crippen LogP contribution >= 0.6 is 11.3 Å². The van der Waals surface area contributed by atoms with Gasteiger partial charge in [0, 0.05) is 40.7 Å². The number of nitrogens with zero attached hydrogens (tertiary/aromatic N) is 2. The largest absolute Gasteiger partial charge is 0.361 e. The standard InChI is InChI=1S/C19H14N4S/c1-12-15-4-6-22-18(15)3-2-17(12)23-19-14(8-20)9-21-10-16(19)13-5-7-24-11-13/h2-7,9-11,22H,1H3,(H,21,23). The lowest BCUT2D eigenvalue weighted by Gasteiger charge is -2.15. The third-order valence-electron chi connectivity index (χ3n) is 4.16. The van der Waals surface area contributed by atoms with Gasteiger partial charge in [0.05, 0.1) is 11.3 Å². The molecule has 0 radical (unpaired) electrons. The minimum absolute atomic E-state index is 0.535. The molecule has 4 aromatic rings. The quantitative estimate of drug-likeness (QED) is 0.541. The van der Waals surface area contributed by atoms with E-state index in [1.807, 2.05) is 29.8 Å². The van der Waals surface area contributed by atoms with Crippen LogP contribution in [-0.4, -0.2) is 9.97 Å². The number of hydrogen-bond acceptors (Lipinski definition) is 4. The van der Waals surface area contributed by atoms with Crippen LogP contribution in [0.1, 0.15) is 11.1 Å². The number of rotatable bonds is 3. The summed E-state index contributed by atoms with van der Waals surface area (Å²) >= 11 is 1.63. The molecule has 0 aliphatic heterocycles. The number of anilines is 2. The van der Waals surface area contributed by atoms with E-state index in [-0.39, 0.29) is 0 Å². The molecule has 3 heterocycles. The summed E-state index contributed by atoms with van der Waals surface area (Å²) < 4.78 is 0. The Morgan fingerprint density at radius 1 is 1.21 bits per heavy atom. The normalized spacial score (nSPS) is 10.7. The smallest absolute Gasteiger partial charge is 0.103 e. The Morgan fingerprint density at radius 3 is 2.92 bits per heavy atom. The minimum Gasteiger partial charge on any atom is -0.361 e. The topological polar surface area (TPSA) is 64.5 Å². The van der Waals surface area contributed by atoms with Crippen molar-refractivity contribution in [3.8, 4) is 17.2 Å². The molecule has 1 aromatic carbocycles. The van der Waals surface area contributed by atoms with Crippen molar-refractivity contribution in [3.63, 3.8) is 0 Å². The second kappa shape index (κ2) is 5.84. The molecular weight excluding hydrogens is 316 g/mol. The van der Waals surface area contributed by atoms with E-state index in [4.69, 9.17) is 0 Å². The van der Waals surface area contributed by atoms with Crippen molar-refractivity contribution in [2.75, 3.05) is 5.32 Å². The Balaban J connectivity index is 1.87. The predicted octanol–water partition coefficient (Wildman–Crippen LogP) is 5.22. The summed E-state index contributed by atoms with van der Waals surface area (Å²) in [4.78, 5) is 7.43. The number of nitrogens with one attached hydrogen (secondary N) is 2. The van der Waals surface area contributed by atoms with Gasteiger partial charge < -0.3 is 10.3 Å². The Hall–Kier alpha value is -3.10. The van der Waals surface area contributed by atoms with E-state index in [1.54, 1.807) is 23.7 Å². The van der Waals surface area contributed by atoms with Crippen LogP contribution in [0.4, 0.5) is 11.4 Å². The number of H-pyrrole nitrogens is 1. The van der Waals surface area contributed by atoms with Crippen LogP contribution in [0, 0.1) is 18.3 Å². The van der Waals surface area contributed by atoms with E-state index in [0.717, 1.165) is 33.6 Å². The fraction of sp³-hybridized carbons (Fsp3) is 0.0526. The molecule has 0 aliphatic rings. The Kier molecular flexibility index (Phi) is 3.52. The molecule has 0 saturated carbocycles. The Morgan fingerprint density at radius 2 is 2.12 bits per heavy atom. The highest BCUT2D eigenvalue weighted by Gasteiger charge is 2.13. The molecule has 5 heteroatoms. The van der Waals surface area contributed by atoms with Gasteiger partial charge in [0.15, 0.2) is 0 Å². The van der Waals surface area contributed by atoms with Crippen molar-refractivity contribution < 1.29 is 0 Å². The van der Waals surface area contributed by atoms with Crippen LogP contribution in [0.3, 0.4) is 0 Å². The minimum atomic E-state index is 0.535. The molecule has 4 nitrogen and oxygen atoms in total. The van der Waals surface area contributed by atoms with Gasteiger partial charge in [-0.25, -0.2) is 0 Å². The summed E-state index contributed by atoms with van der Waals surface area (Å²) in [6.45, 7) is 2.08. The van der Waals surface area contributed by atoms with Gasteiger partial charge in [0.2, 0.25) is 0 Å². The van der Waals surface area contributed by atoms with Crippen molar-refractivity contribution in [3.05, 3.63) is 64.7 Å². The van der Waals surface area contributed by atoms with Gasteiger partial charge in [-0.05, 0) is 53.1 Å². The van der Waals surface area contributed by atoms with Gasteiger partial charge in [0.25, 0.3) is 0 Å². The fourth-order valence-corrected chi connectivity index (χ4v) is 3.53. The van der Waals surface area contributed by atoms with Crippen molar-refractivity contribution in [1.82, 2.24) is 9.97 Å². The number of hydrogen-bond donors (Lipinski definition) is 2. The van der Waals surface area contributed by atoms with Crippen molar-refractivity contribution in [2.24, 2.45) is 0 Å². The van der Waals surface area contributed by atoms with Gasteiger partial charge in [-0.3, -0.25) is 4.98 Å². The van der Waals surface area contributed by atoms with Crippen LogP contribution in [0.2, 0.25) is 0 Å². The summed E-state index contributed by atoms with van der Waals surface area (Å²) in [7, 11) is 0. The monoisotopic (exact) mass is 330 g/mol. The highest BCUT2D eigenvalue weighted by atomic mass is 32.1. The number of fused-ring (bicyclic) bond motifs is 1. The number of nitriles is 1. The lowest BCUT2D eigenvalue weighted by atomic mass is 10.0. The van der Waals surface area contributed by atoms with Gasteiger partial charge >= 0.3 is 0 Å².